The summed E-state index contributed by atoms with van der Waals surface area (Å²) in [5.41, 5.74) is 3.28. The number of halogens is 1. The first-order valence-corrected chi connectivity index (χ1v) is 8.00. The quantitative estimate of drug-likeness (QED) is 0.716. The van der Waals surface area contributed by atoms with E-state index >= 15 is 0 Å². The molecule has 4 nitrogen and oxygen atoms in total. The molecule has 0 aliphatic heterocycles. The summed E-state index contributed by atoms with van der Waals surface area (Å²) in [6.45, 7) is 8.62. The van der Waals surface area contributed by atoms with E-state index in [-0.39, 0.29) is 16.9 Å². The van der Waals surface area contributed by atoms with Gasteiger partial charge in [0.1, 0.15) is 5.82 Å². The predicted molar refractivity (Wildman–Crippen MR) is 94.6 cm³/mol. The van der Waals surface area contributed by atoms with Crippen LogP contribution in [0.2, 0.25) is 0 Å². The molecule has 0 aliphatic rings. The maximum atomic E-state index is 13.8. The largest absolute Gasteiger partial charge is 0.330 e. The molecule has 0 radical (unpaired) electrons. The van der Waals surface area contributed by atoms with Gasteiger partial charge in [-0.2, -0.15) is 0 Å². The number of hydrogen-bond acceptors (Lipinski definition) is 2. The number of rotatable bonds is 2. The molecule has 0 unspecified atom stereocenters. The van der Waals surface area contributed by atoms with Gasteiger partial charge in [0.2, 0.25) is 0 Å². The SMILES string of the molecule is Cc1ccc(-c2ccc3c(n2)n(C)c(=O)n3CC(C)(C)C)cc1F. The van der Waals surface area contributed by atoms with Gasteiger partial charge in [-0.05, 0) is 36.1 Å². The van der Waals surface area contributed by atoms with Crippen molar-refractivity contribution < 1.29 is 4.39 Å². The number of nitrogens with zero attached hydrogens (tertiary/aromatic N) is 3. The molecule has 0 amide bonds. The van der Waals surface area contributed by atoms with Gasteiger partial charge < -0.3 is 0 Å². The highest BCUT2D eigenvalue weighted by Gasteiger charge is 2.18. The van der Waals surface area contributed by atoms with E-state index in [0.29, 0.717) is 29.0 Å². The molecular formula is C19H22FN3O. The first-order chi connectivity index (χ1) is 11.2. The lowest BCUT2D eigenvalue weighted by atomic mass is 9.97. The summed E-state index contributed by atoms with van der Waals surface area (Å²) in [5.74, 6) is -0.256. The molecule has 5 heteroatoms. The normalized spacial score (nSPS) is 12.1. The Morgan fingerprint density at radius 2 is 1.88 bits per heavy atom. The summed E-state index contributed by atoms with van der Waals surface area (Å²) >= 11 is 0. The fraction of sp³-hybridized carbons (Fsp3) is 0.368. The van der Waals surface area contributed by atoms with Crippen LogP contribution >= 0.6 is 0 Å². The van der Waals surface area contributed by atoms with Gasteiger partial charge in [0.25, 0.3) is 0 Å². The van der Waals surface area contributed by atoms with Crippen LogP contribution in [0.25, 0.3) is 22.4 Å². The number of pyridine rings is 1. The molecule has 2 heterocycles. The summed E-state index contributed by atoms with van der Waals surface area (Å²) in [7, 11) is 1.72. The third-order valence-electron chi connectivity index (χ3n) is 4.08. The lowest BCUT2D eigenvalue weighted by Crippen LogP contribution is -2.27. The van der Waals surface area contributed by atoms with Crippen molar-refractivity contribution in [3.05, 3.63) is 52.2 Å². The highest BCUT2D eigenvalue weighted by Crippen LogP contribution is 2.24. The number of imidazole rings is 1. The molecule has 0 N–H and O–H groups in total. The number of benzene rings is 1. The fourth-order valence-corrected chi connectivity index (χ4v) is 2.81. The van der Waals surface area contributed by atoms with Gasteiger partial charge >= 0.3 is 5.69 Å². The van der Waals surface area contributed by atoms with Crippen molar-refractivity contribution in [1.29, 1.82) is 0 Å². The van der Waals surface area contributed by atoms with Gasteiger partial charge in [-0.1, -0.05) is 32.9 Å². The third kappa shape index (κ3) is 2.86. The summed E-state index contributed by atoms with van der Waals surface area (Å²) < 4.78 is 17.1. The van der Waals surface area contributed by atoms with Crippen LogP contribution < -0.4 is 5.69 Å². The maximum absolute atomic E-state index is 13.8. The van der Waals surface area contributed by atoms with E-state index in [9.17, 15) is 9.18 Å². The summed E-state index contributed by atoms with van der Waals surface area (Å²) in [6, 6.07) is 8.79. The second-order valence-electron chi connectivity index (χ2n) is 7.49. The van der Waals surface area contributed by atoms with E-state index in [4.69, 9.17) is 0 Å². The molecule has 0 saturated carbocycles. The summed E-state index contributed by atoms with van der Waals surface area (Å²) in [4.78, 5) is 17.1. The lowest BCUT2D eigenvalue weighted by molar-refractivity contribution is 0.342. The van der Waals surface area contributed by atoms with Crippen molar-refractivity contribution in [3.63, 3.8) is 0 Å². The van der Waals surface area contributed by atoms with Crippen LogP contribution in [0.5, 0.6) is 0 Å². The van der Waals surface area contributed by atoms with Gasteiger partial charge in [0.05, 0.1) is 11.2 Å². The second kappa shape index (κ2) is 5.58. The van der Waals surface area contributed by atoms with E-state index < -0.39 is 0 Å². The van der Waals surface area contributed by atoms with Crippen molar-refractivity contribution in [1.82, 2.24) is 14.1 Å². The minimum atomic E-state index is -0.256. The number of aromatic nitrogens is 3. The highest BCUT2D eigenvalue weighted by atomic mass is 19.1. The van der Waals surface area contributed by atoms with Crippen molar-refractivity contribution in [2.45, 2.75) is 34.2 Å². The first kappa shape index (κ1) is 16.4. The Morgan fingerprint density at radius 3 is 2.50 bits per heavy atom. The zero-order chi connectivity index (χ0) is 17.6. The fourth-order valence-electron chi connectivity index (χ4n) is 2.81. The minimum Gasteiger partial charge on any atom is -0.290 e. The number of hydrogen-bond donors (Lipinski definition) is 0. The highest BCUT2D eigenvalue weighted by molar-refractivity contribution is 5.76. The van der Waals surface area contributed by atoms with Gasteiger partial charge in [0.15, 0.2) is 5.65 Å². The topological polar surface area (TPSA) is 39.8 Å². The zero-order valence-corrected chi connectivity index (χ0v) is 14.7. The Balaban J connectivity index is 2.17. The predicted octanol–water partition coefficient (Wildman–Crippen LogP) is 3.90. The summed E-state index contributed by atoms with van der Waals surface area (Å²) in [5, 5.41) is 0. The Bertz CT molecular complexity index is 977. The molecule has 126 valence electrons. The zero-order valence-electron chi connectivity index (χ0n) is 14.7. The van der Waals surface area contributed by atoms with Crippen LogP contribution in [0.1, 0.15) is 26.3 Å². The molecule has 24 heavy (non-hydrogen) atoms. The molecule has 0 bridgehead atoms. The number of fused-ring (bicyclic) bond motifs is 1. The maximum Gasteiger partial charge on any atom is 0.330 e. The molecule has 3 aromatic rings. The third-order valence-corrected chi connectivity index (χ3v) is 4.08. The van der Waals surface area contributed by atoms with Crippen molar-refractivity contribution in [2.24, 2.45) is 12.5 Å². The smallest absolute Gasteiger partial charge is 0.290 e. The Morgan fingerprint density at radius 1 is 1.17 bits per heavy atom. The van der Waals surface area contributed by atoms with Crippen LogP contribution in [-0.4, -0.2) is 14.1 Å². The van der Waals surface area contributed by atoms with Crippen molar-refractivity contribution in [2.75, 3.05) is 0 Å². The van der Waals surface area contributed by atoms with E-state index in [1.807, 2.05) is 18.2 Å². The van der Waals surface area contributed by atoms with Gasteiger partial charge in [-0.3, -0.25) is 9.13 Å². The minimum absolute atomic E-state index is 0.0170. The Hall–Kier alpha value is -2.43. The molecule has 0 saturated heterocycles. The molecule has 0 fully saturated rings. The first-order valence-electron chi connectivity index (χ1n) is 8.00. The van der Waals surface area contributed by atoms with Crippen molar-refractivity contribution in [3.8, 4) is 11.3 Å². The van der Waals surface area contributed by atoms with E-state index in [1.54, 1.807) is 29.2 Å². The van der Waals surface area contributed by atoms with Crippen LogP contribution in [0.4, 0.5) is 4.39 Å². The van der Waals surface area contributed by atoms with Crippen molar-refractivity contribution >= 4 is 11.2 Å². The Kier molecular flexibility index (Phi) is 3.82. The molecule has 0 aliphatic carbocycles. The molecule has 1 aromatic carbocycles. The van der Waals surface area contributed by atoms with Crippen LogP contribution in [-0.2, 0) is 13.6 Å². The van der Waals surface area contributed by atoms with Gasteiger partial charge in [0, 0.05) is 19.2 Å². The molecule has 3 rings (SSSR count). The molecule has 0 spiro atoms. The second-order valence-corrected chi connectivity index (χ2v) is 7.49. The van der Waals surface area contributed by atoms with Gasteiger partial charge in [-0.25, -0.2) is 14.2 Å². The van der Waals surface area contributed by atoms with E-state index in [1.165, 1.54) is 6.07 Å². The Labute approximate surface area is 140 Å². The summed E-state index contributed by atoms with van der Waals surface area (Å²) in [6.07, 6.45) is 0. The number of aryl methyl sites for hydroxylation is 2. The molecule has 0 atom stereocenters. The van der Waals surface area contributed by atoms with E-state index in [2.05, 4.69) is 25.8 Å². The standard InChI is InChI=1S/C19H22FN3O/c1-12-6-7-13(10-14(12)20)15-8-9-16-17(21-15)22(5)18(24)23(16)11-19(2,3)4/h6-10H,11H2,1-5H3. The van der Waals surface area contributed by atoms with Crippen LogP contribution in [0.3, 0.4) is 0 Å². The van der Waals surface area contributed by atoms with E-state index in [0.717, 1.165) is 5.52 Å². The molecule has 2 aromatic heterocycles. The molecular weight excluding hydrogens is 305 g/mol. The van der Waals surface area contributed by atoms with Crippen LogP contribution in [0.15, 0.2) is 35.1 Å². The van der Waals surface area contributed by atoms with Gasteiger partial charge in [-0.15, -0.1) is 0 Å². The average Bonchev–Trinajstić information content (AvgIpc) is 2.73. The lowest BCUT2D eigenvalue weighted by Gasteiger charge is -2.18. The average molecular weight is 327 g/mol. The monoisotopic (exact) mass is 327 g/mol. The van der Waals surface area contributed by atoms with Crippen LogP contribution in [0, 0.1) is 18.2 Å².